The van der Waals surface area contributed by atoms with E-state index >= 15 is 0 Å². The molecule has 1 unspecified atom stereocenters. The molecule has 1 saturated carbocycles. The molecule has 4 rings (SSSR count). The molecule has 3 aliphatic rings. The van der Waals surface area contributed by atoms with Crippen LogP contribution in [-0.4, -0.2) is 65.7 Å². The highest BCUT2D eigenvalue weighted by atomic mass is 16.5. The lowest BCUT2D eigenvalue weighted by Crippen LogP contribution is -2.56. The van der Waals surface area contributed by atoms with Gasteiger partial charge in [0.05, 0.1) is 5.60 Å². The molecule has 2 heterocycles. The summed E-state index contributed by atoms with van der Waals surface area (Å²) in [6, 6.07) is 10.3. The zero-order valence-corrected chi connectivity index (χ0v) is 17.4. The second kappa shape index (κ2) is 8.74. The van der Waals surface area contributed by atoms with Crippen molar-refractivity contribution in [2.45, 2.75) is 69.6 Å². The van der Waals surface area contributed by atoms with Gasteiger partial charge in [-0.25, -0.2) is 4.79 Å². The van der Waals surface area contributed by atoms with E-state index in [0.717, 1.165) is 70.1 Å². The third-order valence-electron chi connectivity index (χ3n) is 6.54. The lowest BCUT2D eigenvalue weighted by atomic mass is 9.81. The standard InChI is InChI=1S/C23H33N3O3/c1-2-13-24-22(28)25-14-11-23(12-15-25)17-20(10-16-29-23)26(19-8-9-19)21(27)18-6-4-3-5-7-18/h3-7,19-20H,2,8-17H2,1H3,(H,24,28). The van der Waals surface area contributed by atoms with Gasteiger partial charge in [0.15, 0.2) is 0 Å². The predicted molar refractivity (Wildman–Crippen MR) is 112 cm³/mol. The Labute approximate surface area is 173 Å². The molecule has 1 aromatic carbocycles. The highest BCUT2D eigenvalue weighted by Crippen LogP contribution is 2.40. The highest BCUT2D eigenvalue weighted by molar-refractivity contribution is 5.94. The summed E-state index contributed by atoms with van der Waals surface area (Å²) < 4.78 is 6.29. The molecular formula is C23H33N3O3. The van der Waals surface area contributed by atoms with Crippen LogP contribution in [0.15, 0.2) is 30.3 Å². The molecule has 6 nitrogen and oxygen atoms in total. The summed E-state index contributed by atoms with van der Waals surface area (Å²) in [5.74, 6) is 0.159. The average Bonchev–Trinajstić information content (AvgIpc) is 3.58. The minimum atomic E-state index is -0.200. The molecule has 0 bridgehead atoms. The number of hydrogen-bond acceptors (Lipinski definition) is 3. The van der Waals surface area contributed by atoms with Gasteiger partial charge in [-0.05, 0) is 57.1 Å². The first-order valence-electron chi connectivity index (χ1n) is 11.2. The minimum absolute atomic E-state index is 0.0351. The lowest BCUT2D eigenvalue weighted by molar-refractivity contribution is -0.126. The Morgan fingerprint density at radius 3 is 2.52 bits per heavy atom. The Balaban J connectivity index is 1.41. The van der Waals surface area contributed by atoms with Crippen molar-refractivity contribution in [3.05, 3.63) is 35.9 Å². The van der Waals surface area contributed by atoms with E-state index in [1.165, 1.54) is 0 Å². The third kappa shape index (κ3) is 4.58. The molecule has 1 aliphatic carbocycles. The number of urea groups is 1. The number of nitrogens with one attached hydrogen (secondary N) is 1. The topological polar surface area (TPSA) is 61.9 Å². The monoisotopic (exact) mass is 399 g/mol. The van der Waals surface area contributed by atoms with E-state index in [2.05, 4.69) is 17.1 Å². The van der Waals surface area contributed by atoms with Crippen LogP contribution in [-0.2, 0) is 4.74 Å². The molecule has 0 aromatic heterocycles. The molecule has 6 heteroatoms. The van der Waals surface area contributed by atoms with Crippen molar-refractivity contribution in [3.8, 4) is 0 Å². The minimum Gasteiger partial charge on any atom is -0.375 e. The van der Waals surface area contributed by atoms with Gasteiger partial charge in [-0.2, -0.15) is 0 Å². The molecule has 2 saturated heterocycles. The molecule has 3 amide bonds. The number of ether oxygens (including phenoxy) is 1. The second-order valence-corrected chi connectivity index (χ2v) is 8.71. The van der Waals surface area contributed by atoms with Crippen molar-refractivity contribution in [1.82, 2.24) is 15.1 Å². The molecule has 158 valence electrons. The van der Waals surface area contributed by atoms with Gasteiger partial charge in [0.2, 0.25) is 0 Å². The normalized spacial score (nSPS) is 23.6. The van der Waals surface area contributed by atoms with Gasteiger partial charge >= 0.3 is 6.03 Å². The Kier molecular flexibility index (Phi) is 6.09. The van der Waals surface area contributed by atoms with Crippen LogP contribution < -0.4 is 5.32 Å². The van der Waals surface area contributed by atoms with E-state index in [-0.39, 0.29) is 23.6 Å². The Bertz CT molecular complexity index is 711. The fourth-order valence-corrected chi connectivity index (χ4v) is 4.76. The first-order chi connectivity index (χ1) is 14.1. The smallest absolute Gasteiger partial charge is 0.317 e. The van der Waals surface area contributed by atoms with Gasteiger partial charge in [-0.3, -0.25) is 4.79 Å². The van der Waals surface area contributed by atoms with Gasteiger partial charge in [0.1, 0.15) is 0 Å². The largest absolute Gasteiger partial charge is 0.375 e. The Morgan fingerprint density at radius 2 is 1.86 bits per heavy atom. The number of carbonyl (C=O) groups excluding carboxylic acids is 2. The first kappa shape index (κ1) is 20.2. The van der Waals surface area contributed by atoms with Crippen molar-refractivity contribution in [2.24, 2.45) is 0 Å². The van der Waals surface area contributed by atoms with Crippen LogP contribution >= 0.6 is 0 Å². The van der Waals surface area contributed by atoms with Crippen LogP contribution in [0.2, 0.25) is 0 Å². The van der Waals surface area contributed by atoms with E-state index in [1.807, 2.05) is 35.2 Å². The second-order valence-electron chi connectivity index (χ2n) is 8.71. The number of piperidine rings is 1. The predicted octanol–water partition coefficient (Wildman–Crippen LogP) is 3.42. The summed E-state index contributed by atoms with van der Waals surface area (Å²) >= 11 is 0. The molecule has 1 N–H and O–H groups in total. The van der Waals surface area contributed by atoms with Gasteiger partial charge < -0.3 is 19.9 Å². The van der Waals surface area contributed by atoms with Gasteiger partial charge in [-0.1, -0.05) is 25.1 Å². The van der Waals surface area contributed by atoms with E-state index in [9.17, 15) is 9.59 Å². The summed E-state index contributed by atoms with van der Waals surface area (Å²) in [6.45, 7) is 4.91. The van der Waals surface area contributed by atoms with Crippen molar-refractivity contribution in [2.75, 3.05) is 26.2 Å². The zero-order chi connectivity index (χ0) is 20.3. The third-order valence-corrected chi connectivity index (χ3v) is 6.54. The molecule has 3 fully saturated rings. The molecule has 29 heavy (non-hydrogen) atoms. The first-order valence-corrected chi connectivity index (χ1v) is 11.2. The van der Waals surface area contributed by atoms with Crippen LogP contribution in [0.3, 0.4) is 0 Å². The number of benzene rings is 1. The SMILES string of the molecule is CCCNC(=O)N1CCC2(CC1)CC(N(C(=O)c1ccccc1)C1CC1)CCO2. The van der Waals surface area contributed by atoms with E-state index in [4.69, 9.17) is 4.74 Å². The number of hydrogen-bond donors (Lipinski definition) is 1. The van der Waals surface area contributed by atoms with E-state index < -0.39 is 0 Å². The summed E-state index contributed by atoms with van der Waals surface area (Å²) in [6.07, 6.45) is 6.63. The molecular weight excluding hydrogens is 366 g/mol. The summed E-state index contributed by atoms with van der Waals surface area (Å²) in [5, 5.41) is 2.97. The number of amides is 3. The number of likely N-dealkylation sites (tertiary alicyclic amines) is 1. The van der Waals surface area contributed by atoms with Crippen LogP contribution in [0.4, 0.5) is 4.79 Å². The van der Waals surface area contributed by atoms with Crippen LogP contribution in [0, 0.1) is 0 Å². The molecule has 1 aromatic rings. The van der Waals surface area contributed by atoms with Gasteiger partial charge in [0.25, 0.3) is 5.91 Å². The highest BCUT2D eigenvalue weighted by Gasteiger charge is 2.46. The van der Waals surface area contributed by atoms with Crippen molar-refractivity contribution in [3.63, 3.8) is 0 Å². The maximum absolute atomic E-state index is 13.3. The van der Waals surface area contributed by atoms with Crippen molar-refractivity contribution >= 4 is 11.9 Å². The molecule has 1 spiro atoms. The summed E-state index contributed by atoms with van der Waals surface area (Å²) in [7, 11) is 0. The summed E-state index contributed by atoms with van der Waals surface area (Å²) in [5.41, 5.74) is 0.580. The zero-order valence-electron chi connectivity index (χ0n) is 17.4. The fourth-order valence-electron chi connectivity index (χ4n) is 4.76. The van der Waals surface area contributed by atoms with Gasteiger partial charge in [-0.15, -0.1) is 0 Å². The maximum Gasteiger partial charge on any atom is 0.317 e. The van der Waals surface area contributed by atoms with E-state index in [1.54, 1.807) is 0 Å². The Hall–Kier alpha value is -2.08. The maximum atomic E-state index is 13.3. The Morgan fingerprint density at radius 1 is 1.14 bits per heavy atom. The van der Waals surface area contributed by atoms with Gasteiger partial charge in [0, 0.05) is 43.9 Å². The van der Waals surface area contributed by atoms with Crippen molar-refractivity contribution in [1.29, 1.82) is 0 Å². The molecule has 0 radical (unpaired) electrons. The molecule has 2 aliphatic heterocycles. The van der Waals surface area contributed by atoms with Crippen LogP contribution in [0.25, 0.3) is 0 Å². The number of rotatable bonds is 5. The summed E-state index contributed by atoms with van der Waals surface area (Å²) in [4.78, 5) is 29.6. The van der Waals surface area contributed by atoms with Crippen molar-refractivity contribution < 1.29 is 14.3 Å². The lowest BCUT2D eigenvalue weighted by Gasteiger charge is -2.48. The van der Waals surface area contributed by atoms with E-state index in [0.29, 0.717) is 12.6 Å². The average molecular weight is 400 g/mol. The number of carbonyl (C=O) groups is 2. The quantitative estimate of drug-likeness (QED) is 0.825. The van der Waals surface area contributed by atoms with Crippen LogP contribution in [0.1, 0.15) is 62.2 Å². The fraction of sp³-hybridized carbons (Fsp3) is 0.652. The molecule has 1 atom stereocenters. The number of nitrogens with zero attached hydrogens (tertiary/aromatic N) is 2. The van der Waals surface area contributed by atoms with Crippen LogP contribution in [0.5, 0.6) is 0 Å².